The topological polar surface area (TPSA) is 35.0 Å². The second-order valence-corrected chi connectivity index (χ2v) is 2.99. The summed E-state index contributed by atoms with van der Waals surface area (Å²) in [6.07, 6.45) is 3.98. The molecule has 1 rings (SSSR count). The zero-order valence-electron chi connectivity index (χ0n) is 8.08. The Labute approximate surface area is 81.1 Å². The number of halogens is 2. The van der Waals surface area contributed by atoms with E-state index in [1.54, 1.807) is 0 Å². The fourth-order valence-corrected chi connectivity index (χ4v) is 0.957. The van der Waals surface area contributed by atoms with Gasteiger partial charge in [0.15, 0.2) is 0 Å². The Morgan fingerprint density at radius 3 is 2.36 bits per heavy atom. The number of aromatic nitrogens is 2. The van der Waals surface area contributed by atoms with E-state index in [2.05, 4.69) is 14.7 Å². The number of rotatable bonds is 4. The molecule has 1 heterocycles. The molecule has 0 saturated heterocycles. The van der Waals surface area contributed by atoms with Gasteiger partial charge in [0, 0.05) is 12.4 Å². The molecular formula is C9H12F2N2O. The molecule has 1 atom stereocenters. The SMILES string of the molecule is CCC(C)c1cnc(OC(F)F)nc1. The molecule has 3 nitrogen and oxygen atoms in total. The van der Waals surface area contributed by atoms with E-state index in [0.29, 0.717) is 5.92 Å². The molecule has 5 heteroatoms. The minimum atomic E-state index is -2.87. The maximum atomic E-state index is 11.7. The second-order valence-electron chi connectivity index (χ2n) is 2.99. The van der Waals surface area contributed by atoms with E-state index in [1.807, 2.05) is 13.8 Å². The Morgan fingerprint density at radius 1 is 1.36 bits per heavy atom. The van der Waals surface area contributed by atoms with Crippen LogP contribution in [0.15, 0.2) is 12.4 Å². The number of hydrogen-bond acceptors (Lipinski definition) is 3. The first kappa shape index (κ1) is 10.8. The molecule has 0 aliphatic carbocycles. The average molecular weight is 202 g/mol. The van der Waals surface area contributed by atoms with Crippen molar-refractivity contribution in [3.63, 3.8) is 0 Å². The van der Waals surface area contributed by atoms with Crippen molar-refractivity contribution in [1.29, 1.82) is 0 Å². The lowest BCUT2D eigenvalue weighted by Gasteiger charge is -2.08. The van der Waals surface area contributed by atoms with E-state index in [9.17, 15) is 8.78 Å². The summed E-state index contributed by atoms with van der Waals surface area (Å²) in [4.78, 5) is 7.35. The third-order valence-corrected chi connectivity index (χ3v) is 2.02. The highest BCUT2D eigenvalue weighted by Crippen LogP contribution is 2.17. The maximum Gasteiger partial charge on any atom is 0.389 e. The van der Waals surface area contributed by atoms with Crippen LogP contribution in [0.3, 0.4) is 0 Å². The molecule has 0 N–H and O–H groups in total. The molecular weight excluding hydrogens is 190 g/mol. The van der Waals surface area contributed by atoms with Crippen molar-refractivity contribution in [3.05, 3.63) is 18.0 Å². The van der Waals surface area contributed by atoms with E-state index < -0.39 is 6.61 Å². The van der Waals surface area contributed by atoms with Crippen LogP contribution in [-0.2, 0) is 0 Å². The van der Waals surface area contributed by atoms with Gasteiger partial charge in [-0.1, -0.05) is 13.8 Å². The first-order valence-electron chi connectivity index (χ1n) is 4.40. The molecule has 1 unspecified atom stereocenters. The molecule has 14 heavy (non-hydrogen) atoms. The summed E-state index contributed by atoms with van der Waals surface area (Å²) < 4.78 is 27.5. The van der Waals surface area contributed by atoms with E-state index in [-0.39, 0.29) is 6.01 Å². The van der Waals surface area contributed by atoms with Crippen LogP contribution < -0.4 is 4.74 Å². The smallest absolute Gasteiger partial charge is 0.389 e. The van der Waals surface area contributed by atoms with Crippen molar-refractivity contribution >= 4 is 0 Å². The van der Waals surface area contributed by atoms with Crippen molar-refractivity contribution in [2.75, 3.05) is 0 Å². The van der Waals surface area contributed by atoms with Crippen LogP contribution in [0, 0.1) is 0 Å². The van der Waals surface area contributed by atoms with E-state index in [4.69, 9.17) is 0 Å². The molecule has 0 spiro atoms. The van der Waals surface area contributed by atoms with E-state index in [0.717, 1.165) is 12.0 Å². The summed E-state index contributed by atoms with van der Waals surface area (Å²) >= 11 is 0. The molecule has 1 aromatic rings. The second kappa shape index (κ2) is 4.83. The highest BCUT2D eigenvalue weighted by atomic mass is 19.3. The van der Waals surface area contributed by atoms with E-state index in [1.165, 1.54) is 12.4 Å². The average Bonchev–Trinajstić information content (AvgIpc) is 2.17. The third kappa shape index (κ3) is 2.90. The van der Waals surface area contributed by atoms with Crippen molar-refractivity contribution in [3.8, 4) is 6.01 Å². The van der Waals surface area contributed by atoms with Gasteiger partial charge in [0.25, 0.3) is 0 Å². The molecule has 78 valence electrons. The number of alkyl halides is 2. The van der Waals surface area contributed by atoms with Crippen molar-refractivity contribution in [2.45, 2.75) is 32.8 Å². The van der Waals surface area contributed by atoms with Gasteiger partial charge in [-0.05, 0) is 17.9 Å². The molecule has 0 aromatic carbocycles. The van der Waals surface area contributed by atoms with Crippen molar-refractivity contribution in [2.24, 2.45) is 0 Å². The van der Waals surface area contributed by atoms with Crippen LogP contribution in [0.5, 0.6) is 6.01 Å². The van der Waals surface area contributed by atoms with Crippen LogP contribution in [-0.4, -0.2) is 16.6 Å². The highest BCUT2D eigenvalue weighted by Gasteiger charge is 2.08. The normalized spacial score (nSPS) is 12.9. The Morgan fingerprint density at radius 2 is 1.93 bits per heavy atom. The molecule has 0 aliphatic heterocycles. The number of nitrogens with zero attached hydrogens (tertiary/aromatic N) is 2. The minimum absolute atomic E-state index is 0.285. The standard InChI is InChI=1S/C9H12F2N2O/c1-3-6(2)7-4-12-9(13-5-7)14-8(10)11/h4-6,8H,3H2,1-2H3. The number of ether oxygens (including phenoxy) is 1. The van der Waals surface area contributed by atoms with Gasteiger partial charge in [0.05, 0.1) is 0 Å². The predicted octanol–water partition coefficient (Wildman–Crippen LogP) is 2.59. The summed E-state index contributed by atoms with van der Waals surface area (Å²) in [5.74, 6) is 0.329. The summed E-state index contributed by atoms with van der Waals surface area (Å²) in [6, 6.07) is -0.285. The van der Waals surface area contributed by atoms with Crippen LogP contribution >= 0.6 is 0 Å². The zero-order chi connectivity index (χ0) is 10.6. The molecule has 0 amide bonds. The number of hydrogen-bond donors (Lipinski definition) is 0. The van der Waals surface area contributed by atoms with Gasteiger partial charge in [-0.15, -0.1) is 0 Å². The Kier molecular flexibility index (Phi) is 3.73. The van der Waals surface area contributed by atoms with Gasteiger partial charge in [-0.2, -0.15) is 8.78 Å². The van der Waals surface area contributed by atoms with Crippen LogP contribution in [0.25, 0.3) is 0 Å². The molecule has 0 fully saturated rings. The van der Waals surface area contributed by atoms with Crippen LogP contribution in [0.1, 0.15) is 31.7 Å². The predicted molar refractivity (Wildman–Crippen MR) is 47.4 cm³/mol. The van der Waals surface area contributed by atoms with Gasteiger partial charge >= 0.3 is 12.6 Å². The summed E-state index contributed by atoms with van der Waals surface area (Å²) in [7, 11) is 0. The maximum absolute atomic E-state index is 11.7. The Balaban J connectivity index is 2.68. The summed E-state index contributed by atoms with van der Waals surface area (Å²) in [5.41, 5.74) is 0.925. The van der Waals surface area contributed by atoms with Crippen molar-refractivity contribution in [1.82, 2.24) is 9.97 Å². The van der Waals surface area contributed by atoms with Crippen molar-refractivity contribution < 1.29 is 13.5 Å². The summed E-state index contributed by atoms with van der Waals surface area (Å²) in [5, 5.41) is 0. The minimum Gasteiger partial charge on any atom is -0.401 e. The lowest BCUT2D eigenvalue weighted by Crippen LogP contribution is -2.06. The monoisotopic (exact) mass is 202 g/mol. The fourth-order valence-electron chi connectivity index (χ4n) is 0.957. The summed E-state index contributed by atoms with van der Waals surface area (Å²) in [6.45, 7) is 1.19. The Hall–Kier alpha value is -1.26. The highest BCUT2D eigenvalue weighted by molar-refractivity contribution is 5.11. The van der Waals surface area contributed by atoms with Gasteiger partial charge in [-0.25, -0.2) is 9.97 Å². The van der Waals surface area contributed by atoms with E-state index >= 15 is 0 Å². The molecule has 0 radical (unpaired) electrons. The first-order chi connectivity index (χ1) is 6.63. The first-order valence-corrected chi connectivity index (χ1v) is 4.40. The third-order valence-electron chi connectivity index (χ3n) is 2.02. The van der Waals surface area contributed by atoms with Gasteiger partial charge in [0.1, 0.15) is 0 Å². The van der Waals surface area contributed by atoms with Gasteiger partial charge in [0.2, 0.25) is 0 Å². The lowest BCUT2D eigenvalue weighted by molar-refractivity contribution is -0.0561. The largest absolute Gasteiger partial charge is 0.401 e. The molecule has 0 bridgehead atoms. The van der Waals surface area contributed by atoms with Gasteiger partial charge < -0.3 is 4.74 Å². The lowest BCUT2D eigenvalue weighted by atomic mass is 10.0. The van der Waals surface area contributed by atoms with Gasteiger partial charge in [-0.3, -0.25) is 0 Å². The molecule has 1 aromatic heterocycles. The zero-order valence-corrected chi connectivity index (χ0v) is 8.08. The van der Waals surface area contributed by atoms with Crippen LogP contribution in [0.4, 0.5) is 8.78 Å². The molecule has 0 saturated carbocycles. The fraction of sp³-hybridized carbons (Fsp3) is 0.556. The Bertz CT molecular complexity index is 277. The molecule has 0 aliphatic rings. The van der Waals surface area contributed by atoms with Crippen LogP contribution in [0.2, 0.25) is 0 Å². The quantitative estimate of drug-likeness (QED) is 0.752.